The maximum atomic E-state index is 17.5. The van der Waals surface area contributed by atoms with Gasteiger partial charge < -0.3 is 29.5 Å². The van der Waals surface area contributed by atoms with Crippen molar-refractivity contribution in [3.05, 3.63) is 33.9 Å². The highest BCUT2D eigenvalue weighted by Gasteiger charge is 2.80. The van der Waals surface area contributed by atoms with E-state index in [9.17, 15) is 34.4 Å². The van der Waals surface area contributed by atoms with Gasteiger partial charge in [0, 0.05) is 29.6 Å². The molecule has 5 aliphatic rings. The van der Waals surface area contributed by atoms with Crippen molar-refractivity contribution in [2.24, 2.45) is 22.7 Å². The summed E-state index contributed by atoms with van der Waals surface area (Å²) in [7, 11) is 0. The van der Waals surface area contributed by atoms with E-state index in [2.05, 4.69) is 10.2 Å². The molecule has 2 N–H and O–H groups in total. The number of ketones is 2. The van der Waals surface area contributed by atoms with E-state index in [4.69, 9.17) is 14.2 Å². The largest absolute Gasteiger partial charge is 0.456 e. The summed E-state index contributed by atoms with van der Waals surface area (Å²) in [5.41, 5.74) is -5.34. The van der Waals surface area contributed by atoms with Gasteiger partial charge in [-0.1, -0.05) is 31.1 Å². The van der Waals surface area contributed by atoms with Crippen molar-refractivity contribution in [1.82, 2.24) is 5.32 Å². The van der Waals surface area contributed by atoms with Crippen LogP contribution in [-0.4, -0.2) is 82.7 Å². The lowest BCUT2D eigenvalue weighted by molar-refractivity contribution is -0.757. The third kappa shape index (κ3) is 5.45. The van der Waals surface area contributed by atoms with Gasteiger partial charge in [0.25, 0.3) is 5.09 Å². The number of esters is 1. The van der Waals surface area contributed by atoms with Gasteiger partial charge in [-0.05, 0) is 64.9 Å². The Kier molecular flexibility index (Phi) is 8.97. The summed E-state index contributed by atoms with van der Waals surface area (Å²) < 4.78 is 35.5. The minimum absolute atomic E-state index is 0.0613. The smallest absolute Gasteiger partial charge is 0.325 e. The summed E-state index contributed by atoms with van der Waals surface area (Å²) in [6.07, 6.45) is 4.61. The second-order valence-corrected chi connectivity index (χ2v) is 14.1. The normalized spacial score (nSPS) is 38.5. The molecule has 0 aromatic rings. The predicted octanol–water partition coefficient (Wildman–Crippen LogP) is 2.85. The monoisotopic (exact) mass is 650 g/mol. The fourth-order valence-corrected chi connectivity index (χ4v) is 8.98. The number of aliphatic hydroxyl groups is 1. The number of carbonyl (C=O) groups excluding carboxylic acids is 4. The van der Waals surface area contributed by atoms with E-state index in [1.165, 1.54) is 6.08 Å². The fourth-order valence-electron chi connectivity index (χ4n) is 8.98. The number of unbranched alkanes of at least 4 members (excludes halogenated alkanes) is 2. The van der Waals surface area contributed by atoms with E-state index in [-0.39, 0.29) is 38.1 Å². The van der Waals surface area contributed by atoms with Crippen LogP contribution < -0.4 is 5.32 Å². The van der Waals surface area contributed by atoms with Gasteiger partial charge in [0.1, 0.15) is 6.54 Å². The van der Waals surface area contributed by atoms with Gasteiger partial charge in [-0.3, -0.25) is 19.2 Å². The lowest BCUT2D eigenvalue weighted by atomic mass is 9.45. The molecule has 5 rings (SSSR count). The Morgan fingerprint density at radius 2 is 1.91 bits per heavy atom. The van der Waals surface area contributed by atoms with Crippen LogP contribution in [0.3, 0.4) is 0 Å². The van der Waals surface area contributed by atoms with Crippen molar-refractivity contribution in [3.8, 4) is 0 Å². The van der Waals surface area contributed by atoms with Gasteiger partial charge in [-0.25, -0.2) is 4.39 Å². The first-order valence-corrected chi connectivity index (χ1v) is 15.9. The first-order chi connectivity index (χ1) is 21.5. The Morgan fingerprint density at radius 1 is 1.17 bits per heavy atom. The molecule has 0 radical (unpaired) electrons. The van der Waals surface area contributed by atoms with Crippen LogP contribution in [-0.2, 0) is 38.2 Å². The molecule has 8 atom stereocenters. The number of Topliss-reactive ketones (excluding diaryl/α,β-unsaturated/α-hetero) is 1. The molecule has 4 aliphatic carbocycles. The van der Waals surface area contributed by atoms with E-state index in [1.807, 2.05) is 13.0 Å². The summed E-state index contributed by atoms with van der Waals surface area (Å²) in [5.74, 6) is -4.24. The van der Waals surface area contributed by atoms with Gasteiger partial charge in [0.15, 0.2) is 29.4 Å². The van der Waals surface area contributed by atoms with Gasteiger partial charge in [-0.15, -0.1) is 10.1 Å². The van der Waals surface area contributed by atoms with Crippen LogP contribution in [0.2, 0.25) is 0 Å². The summed E-state index contributed by atoms with van der Waals surface area (Å²) in [6, 6.07) is 0. The molecule has 1 aliphatic heterocycles. The number of alkyl halides is 1. The average molecular weight is 651 g/mol. The van der Waals surface area contributed by atoms with Crippen LogP contribution in [0.1, 0.15) is 79.1 Å². The molecule has 0 bridgehead atoms. The van der Waals surface area contributed by atoms with Crippen molar-refractivity contribution in [2.75, 3.05) is 19.8 Å². The number of rotatable bonds is 12. The molecule has 14 heteroatoms. The molecule has 1 amide bonds. The van der Waals surface area contributed by atoms with Gasteiger partial charge in [0.05, 0.1) is 18.8 Å². The number of nitrogens with zero attached hydrogens (tertiary/aromatic N) is 1. The highest BCUT2D eigenvalue weighted by atomic mass is 19.1. The molecule has 1 saturated heterocycles. The molecular weight excluding hydrogens is 607 g/mol. The third-order valence-electron chi connectivity index (χ3n) is 11.1. The minimum atomic E-state index is -2.09. The molecule has 2 saturated carbocycles. The molecule has 13 nitrogen and oxygen atoms in total. The Balaban J connectivity index is 1.26. The van der Waals surface area contributed by atoms with Crippen molar-refractivity contribution >= 4 is 23.4 Å². The van der Waals surface area contributed by atoms with Gasteiger partial charge >= 0.3 is 5.97 Å². The lowest BCUT2D eigenvalue weighted by Crippen LogP contribution is -2.69. The van der Waals surface area contributed by atoms with Crippen molar-refractivity contribution < 1.29 is 52.8 Å². The number of fused-ring (bicyclic) bond motifs is 7. The highest BCUT2D eigenvalue weighted by Crippen LogP contribution is 2.71. The second-order valence-electron chi connectivity index (χ2n) is 14.1. The summed E-state index contributed by atoms with van der Waals surface area (Å²) >= 11 is 0. The van der Waals surface area contributed by atoms with Crippen molar-refractivity contribution in [3.63, 3.8) is 0 Å². The first kappa shape index (κ1) is 34.1. The maximum absolute atomic E-state index is 17.5. The topological polar surface area (TPSA) is 181 Å². The Morgan fingerprint density at radius 3 is 2.63 bits per heavy atom. The van der Waals surface area contributed by atoms with Crippen molar-refractivity contribution in [2.45, 2.75) is 108 Å². The van der Waals surface area contributed by atoms with Crippen LogP contribution in [0.4, 0.5) is 4.39 Å². The molecule has 1 heterocycles. The second kappa shape index (κ2) is 12.1. The van der Waals surface area contributed by atoms with E-state index >= 15 is 4.39 Å². The summed E-state index contributed by atoms with van der Waals surface area (Å²) in [4.78, 5) is 65.3. The molecule has 0 aromatic heterocycles. The van der Waals surface area contributed by atoms with Crippen LogP contribution in [0.5, 0.6) is 0 Å². The average Bonchev–Trinajstić information content (AvgIpc) is 3.39. The molecule has 0 aromatic carbocycles. The molecule has 0 unspecified atom stereocenters. The number of amides is 1. The zero-order chi connectivity index (χ0) is 33.7. The van der Waals surface area contributed by atoms with E-state index in [0.29, 0.717) is 31.3 Å². The number of ether oxygens (including phenoxy) is 3. The van der Waals surface area contributed by atoms with Crippen LogP contribution >= 0.6 is 0 Å². The van der Waals surface area contributed by atoms with E-state index < -0.39 is 87.8 Å². The first-order valence-electron chi connectivity index (χ1n) is 15.9. The fraction of sp³-hybridized carbons (Fsp3) is 0.750. The zero-order valence-electron chi connectivity index (χ0n) is 26.7. The van der Waals surface area contributed by atoms with Crippen LogP contribution in [0.15, 0.2) is 23.8 Å². The number of hydrogen-bond donors (Lipinski definition) is 2. The molecule has 46 heavy (non-hydrogen) atoms. The highest BCUT2D eigenvalue weighted by molar-refractivity contribution is 5.94. The van der Waals surface area contributed by atoms with Gasteiger partial charge in [0.2, 0.25) is 11.7 Å². The quantitative estimate of drug-likeness (QED) is 0.104. The van der Waals surface area contributed by atoms with E-state index in [1.54, 1.807) is 26.8 Å². The zero-order valence-corrected chi connectivity index (χ0v) is 26.7. The molecule has 254 valence electrons. The lowest BCUT2D eigenvalue weighted by Gasteiger charge is -2.62. The number of aliphatic hydroxyl groups excluding tert-OH is 1. The number of allylic oxidation sites excluding steroid dienone is 4. The number of halogens is 1. The van der Waals surface area contributed by atoms with Crippen LogP contribution in [0, 0.1) is 32.8 Å². The van der Waals surface area contributed by atoms with Crippen LogP contribution in [0.25, 0.3) is 0 Å². The standard InChI is InChI=1S/C32H43FN2O11/c1-28(2)45-25-15-22-21-10-9-19-14-20(36)11-12-29(19,3)31(21,33)23(37)16-30(22,4)32(25,46-28)24(38)18-43-27(40)17-34-26(39)8-6-5-7-13-44-35(41)42/h9,11-12,21-23,25,37H,5-8,10,13-18H2,1-4H3,(H,34,39)/t21-,22-,23-,25+,29-,30-,31-,32+/m0/s1. The Hall–Kier alpha value is -3.23. The summed E-state index contributed by atoms with van der Waals surface area (Å²) in [5, 5.41) is 23.4. The number of nitrogens with one attached hydrogen (secondary N) is 1. The minimum Gasteiger partial charge on any atom is -0.456 e. The third-order valence-corrected chi connectivity index (χ3v) is 11.1. The van der Waals surface area contributed by atoms with E-state index in [0.717, 1.165) is 0 Å². The maximum Gasteiger partial charge on any atom is 0.325 e. The SMILES string of the molecule is CC1(C)O[C@@H]2C[C@H]3[C@@H]4CC=C5CC(=O)C=C[C@]5(C)[C@@]4(F)[C@@H](O)C[C@]3(C)[C@]2(C(=O)COC(=O)CNC(=O)CCCCCO[N+](=O)[O-])O1. The Bertz CT molecular complexity index is 1360. The molecule has 0 spiro atoms. The van der Waals surface area contributed by atoms with Gasteiger partial charge in [-0.2, -0.15) is 0 Å². The van der Waals surface area contributed by atoms with Crippen molar-refractivity contribution in [1.29, 1.82) is 0 Å². The predicted molar refractivity (Wildman–Crippen MR) is 157 cm³/mol. The Labute approximate surface area is 266 Å². The number of carbonyl (C=O) groups is 4. The summed E-state index contributed by atoms with van der Waals surface area (Å²) in [6.45, 7) is 5.69. The number of hydrogen-bond acceptors (Lipinski definition) is 11. The molecular formula is C32H43FN2O11. The molecule has 3 fully saturated rings.